The number of aromatic nitrogens is 5. The summed E-state index contributed by atoms with van der Waals surface area (Å²) in [5, 5.41) is 16.3. The molecule has 91 heavy (non-hydrogen) atoms. The quantitative estimate of drug-likeness (QED) is 0.0840. The van der Waals surface area contributed by atoms with Gasteiger partial charge in [-0.15, -0.1) is 34.0 Å². The second-order valence-electron chi connectivity index (χ2n) is 21.6. The van der Waals surface area contributed by atoms with Crippen LogP contribution in [0.2, 0.25) is 5.02 Å². The molecular weight excluding hydrogens is 1220 g/mol. The first-order chi connectivity index (χ1) is 43.9. The highest BCUT2D eigenvalue weighted by atomic mass is 35.5. The predicted octanol–water partition coefficient (Wildman–Crippen LogP) is 19.4. The lowest BCUT2D eigenvalue weighted by Crippen LogP contribution is -2.12. The van der Waals surface area contributed by atoms with Gasteiger partial charge in [0.05, 0.1) is 22.1 Å². The average Bonchev–Trinajstić information content (AvgIpc) is 2.10. The second-order valence-corrected chi connectivity index (χ2v) is 24.6. The number of benzene rings is 7. The molecule has 0 aliphatic carbocycles. The predicted molar refractivity (Wildman–Crippen MR) is 367 cm³/mol. The molecule has 5 heterocycles. The Hall–Kier alpha value is -10.0. The van der Waals surface area contributed by atoms with Gasteiger partial charge in [-0.25, -0.2) is 19.9 Å². The number of anilines is 3. The summed E-state index contributed by atoms with van der Waals surface area (Å²) < 4.78 is 25.2. The molecule has 7 aromatic carbocycles. The fourth-order valence-corrected chi connectivity index (χ4v) is 12.4. The summed E-state index contributed by atoms with van der Waals surface area (Å²) in [5.74, 6) is 1.44. The number of hydrogen-bond acceptors (Lipinski definition) is 13. The fourth-order valence-electron chi connectivity index (χ4n) is 9.95. The third-order valence-electron chi connectivity index (χ3n) is 14.3. The highest BCUT2D eigenvalue weighted by molar-refractivity contribution is 7.14. The van der Waals surface area contributed by atoms with E-state index in [2.05, 4.69) is 98.0 Å². The number of aryl methyl sites for hydroxylation is 8. The van der Waals surface area contributed by atoms with Crippen molar-refractivity contribution in [3.8, 4) is 56.8 Å². The van der Waals surface area contributed by atoms with E-state index in [-0.39, 0.29) is 17.4 Å². The molecule has 0 bridgehead atoms. The molecule has 12 rings (SSSR count). The average molecular weight is 1280 g/mol. The van der Waals surface area contributed by atoms with Gasteiger partial charge in [0, 0.05) is 80.2 Å². The zero-order valence-corrected chi connectivity index (χ0v) is 54.2. The number of rotatable bonds is 15. The summed E-state index contributed by atoms with van der Waals surface area (Å²) in [6.45, 7) is 16.4. The van der Waals surface area contributed by atoms with Crippen molar-refractivity contribution in [2.24, 2.45) is 0 Å². The minimum absolute atomic E-state index is 0.140. The molecular formula is C73H62ClFN8O5S3. The molecule has 0 saturated carbocycles. The van der Waals surface area contributed by atoms with E-state index < -0.39 is 11.9 Å². The van der Waals surface area contributed by atoms with Crippen LogP contribution in [0.1, 0.15) is 86.7 Å². The third kappa shape index (κ3) is 17.0. The molecule has 0 unspecified atom stereocenters. The molecule has 3 N–H and O–H groups in total. The molecule has 0 aliphatic rings. The Morgan fingerprint density at radius 1 is 0.429 bits per heavy atom. The molecule has 0 spiro atoms. The van der Waals surface area contributed by atoms with Crippen molar-refractivity contribution < 1.29 is 28.2 Å². The molecule has 13 nitrogen and oxygen atoms in total. The number of nitrogens with one attached hydrogen (secondary N) is 3. The molecule has 18 heteroatoms. The van der Waals surface area contributed by atoms with Crippen LogP contribution in [0.5, 0.6) is 23.0 Å². The van der Waals surface area contributed by atoms with Gasteiger partial charge in [0.25, 0.3) is 17.7 Å². The van der Waals surface area contributed by atoms with E-state index in [9.17, 15) is 18.8 Å². The standard InChI is InChI=1S/C26H24N2OS.C24H20FN3O2S.C23H18ClN3O2S/c1-17-9-11-20(12-10-17)15-21-13-18(2)24(19(3)14-21)23-16-30-26(27-23)28-25(29)22-7-5-4-6-8-22;1-14-4-6-18(7-5-14)30-19-10-15(2)22(16(3)11-19)20-13-31-24(27-20)28-23(29)17-8-9-26-21(25)12-17;1-14-3-5-17(6-4-14)29-18-11-15(2)21(19(24)12-18)20-13-30-23(26-20)27-22(28)16-7-9-25-10-8-16/h4-14,16H,15H2,1-3H3,(H,27,28,29);4-13H,1-3H3,(H,27,28,29);3-13H,1-2H3,(H,26,27,28). The number of hydrogen-bond donors (Lipinski definition) is 3. The smallest absolute Gasteiger partial charge is 0.257 e. The summed E-state index contributed by atoms with van der Waals surface area (Å²) >= 11 is 10.7. The number of halogens is 2. The Morgan fingerprint density at radius 3 is 1.29 bits per heavy atom. The topological polar surface area (TPSA) is 170 Å². The van der Waals surface area contributed by atoms with Crippen molar-refractivity contribution in [2.75, 3.05) is 16.0 Å². The van der Waals surface area contributed by atoms with E-state index in [1.165, 1.54) is 85.2 Å². The maximum Gasteiger partial charge on any atom is 0.257 e. The van der Waals surface area contributed by atoms with Crippen LogP contribution >= 0.6 is 45.6 Å². The maximum atomic E-state index is 13.3. The van der Waals surface area contributed by atoms with Crippen LogP contribution in [0, 0.1) is 61.3 Å². The number of amides is 3. The summed E-state index contributed by atoms with van der Waals surface area (Å²) in [5.41, 5.74) is 18.2. The number of thiazole rings is 3. The molecule has 0 fully saturated rings. The normalized spacial score (nSPS) is 10.7. The molecule has 0 aliphatic heterocycles. The fraction of sp³-hybridized carbons (Fsp3) is 0.123. The Bertz CT molecular complexity index is 4280. The van der Waals surface area contributed by atoms with Gasteiger partial charge in [-0.05, 0) is 174 Å². The van der Waals surface area contributed by atoms with E-state index in [1.807, 2.05) is 136 Å². The molecule has 12 aromatic rings. The summed E-state index contributed by atoms with van der Waals surface area (Å²) in [6.07, 6.45) is 5.32. The van der Waals surface area contributed by atoms with Crippen molar-refractivity contribution >= 4 is 78.7 Å². The second kappa shape index (κ2) is 29.5. The Morgan fingerprint density at radius 2 is 0.824 bits per heavy atom. The first-order valence-electron chi connectivity index (χ1n) is 28.8. The number of nitrogens with zero attached hydrogens (tertiary/aromatic N) is 5. The van der Waals surface area contributed by atoms with Crippen LogP contribution in [0.25, 0.3) is 33.8 Å². The first-order valence-corrected chi connectivity index (χ1v) is 31.8. The number of pyridine rings is 2. The molecule has 0 atom stereocenters. The van der Waals surface area contributed by atoms with Crippen LogP contribution in [0.15, 0.2) is 199 Å². The van der Waals surface area contributed by atoms with Gasteiger partial charge >= 0.3 is 0 Å². The largest absolute Gasteiger partial charge is 0.457 e. The zero-order chi connectivity index (χ0) is 64.1. The van der Waals surface area contributed by atoms with Crippen LogP contribution in [0.3, 0.4) is 0 Å². The highest BCUT2D eigenvalue weighted by Gasteiger charge is 2.19. The Labute approximate surface area is 544 Å². The summed E-state index contributed by atoms with van der Waals surface area (Å²) in [6, 6.07) is 51.6. The van der Waals surface area contributed by atoms with Gasteiger partial charge in [-0.3, -0.25) is 35.3 Å². The van der Waals surface area contributed by atoms with E-state index in [0.29, 0.717) is 43.0 Å². The maximum absolute atomic E-state index is 13.3. The highest BCUT2D eigenvalue weighted by Crippen LogP contribution is 2.39. The molecule has 3 amide bonds. The Balaban J connectivity index is 0.000000150. The van der Waals surface area contributed by atoms with Gasteiger partial charge in [0.15, 0.2) is 15.4 Å². The number of carbonyl (C=O) groups excluding carboxylic acids is 3. The Kier molecular flexibility index (Phi) is 20.7. The first kappa shape index (κ1) is 64.0. The molecule has 0 radical (unpaired) electrons. The van der Waals surface area contributed by atoms with Gasteiger partial charge in [0.1, 0.15) is 23.0 Å². The lowest BCUT2D eigenvalue weighted by atomic mass is 9.94. The van der Waals surface area contributed by atoms with Gasteiger partial charge in [0.2, 0.25) is 5.95 Å². The van der Waals surface area contributed by atoms with E-state index >= 15 is 0 Å². The van der Waals surface area contributed by atoms with Gasteiger partial charge < -0.3 is 9.47 Å². The number of carbonyl (C=O) groups is 3. The summed E-state index contributed by atoms with van der Waals surface area (Å²) in [4.78, 5) is 58.2. The minimum Gasteiger partial charge on any atom is -0.457 e. The zero-order valence-electron chi connectivity index (χ0n) is 51.0. The third-order valence-corrected chi connectivity index (χ3v) is 16.9. The molecule has 0 saturated heterocycles. The van der Waals surface area contributed by atoms with Crippen LogP contribution in [0.4, 0.5) is 19.8 Å². The minimum atomic E-state index is -0.702. The van der Waals surface area contributed by atoms with Crippen molar-refractivity contribution in [3.63, 3.8) is 0 Å². The van der Waals surface area contributed by atoms with Crippen LogP contribution in [-0.4, -0.2) is 42.6 Å². The lowest BCUT2D eigenvalue weighted by Gasteiger charge is -2.12. The van der Waals surface area contributed by atoms with E-state index in [1.54, 1.807) is 42.7 Å². The van der Waals surface area contributed by atoms with E-state index in [0.717, 1.165) is 74.5 Å². The van der Waals surface area contributed by atoms with Crippen LogP contribution in [-0.2, 0) is 6.42 Å². The van der Waals surface area contributed by atoms with Crippen LogP contribution < -0.4 is 25.4 Å². The lowest BCUT2D eigenvalue weighted by molar-refractivity contribution is 0.101. The van der Waals surface area contributed by atoms with Crippen molar-refractivity contribution in [2.45, 2.75) is 61.8 Å². The van der Waals surface area contributed by atoms with Crippen molar-refractivity contribution in [1.82, 2.24) is 24.9 Å². The number of ether oxygens (including phenoxy) is 2. The van der Waals surface area contributed by atoms with E-state index in [4.69, 9.17) is 21.1 Å². The summed E-state index contributed by atoms with van der Waals surface area (Å²) in [7, 11) is 0. The SMILES string of the molecule is Cc1ccc(Cc2cc(C)c(-c3csc(NC(=O)c4ccccc4)n3)c(C)c2)cc1.Cc1ccc(Oc2cc(C)c(-c3csc(NC(=O)c4ccnc(F)c4)n3)c(C)c2)cc1.Cc1ccc(Oc2cc(C)c(-c3csc(NC(=O)c4ccncc4)n3)c(Cl)c2)cc1. The molecule has 456 valence electrons. The van der Waals surface area contributed by atoms with Gasteiger partial charge in [-0.2, -0.15) is 4.39 Å². The van der Waals surface area contributed by atoms with Crippen molar-refractivity contribution in [3.05, 3.63) is 282 Å². The molecule has 5 aromatic heterocycles. The van der Waals surface area contributed by atoms with Crippen molar-refractivity contribution in [1.29, 1.82) is 0 Å². The van der Waals surface area contributed by atoms with Gasteiger partial charge in [-0.1, -0.05) is 107 Å². The monoisotopic (exact) mass is 1280 g/mol.